The molecule has 0 aliphatic heterocycles. The number of hydrogen-bond donors (Lipinski definition) is 3. The van der Waals surface area contributed by atoms with Crippen molar-refractivity contribution in [1.29, 1.82) is 0 Å². The van der Waals surface area contributed by atoms with Crippen molar-refractivity contribution < 1.29 is 71.4 Å². The van der Waals surface area contributed by atoms with E-state index in [-0.39, 0.29) is 40.8 Å². The molecule has 2 rings (SSSR count). The number of rotatable bonds is 1. The summed E-state index contributed by atoms with van der Waals surface area (Å²) in [4.78, 5) is 40.8. The predicted octanol–water partition coefficient (Wildman–Crippen LogP) is -0.958. The van der Waals surface area contributed by atoms with Gasteiger partial charge in [0.25, 0.3) is 0 Å². The second-order valence-electron chi connectivity index (χ2n) is 2.82. The van der Waals surface area contributed by atoms with Gasteiger partial charge in [-0.05, 0) is 12.1 Å². The maximum absolute atomic E-state index is 8.25. The minimum atomic E-state index is -1.75. The van der Waals surface area contributed by atoms with Crippen LogP contribution in [0.25, 0.3) is 11.6 Å². The summed E-state index contributed by atoms with van der Waals surface area (Å²) in [6.45, 7) is 0. The summed E-state index contributed by atoms with van der Waals surface area (Å²) in [7, 11) is 3.00. The fourth-order valence-corrected chi connectivity index (χ4v) is 0.829. The van der Waals surface area contributed by atoms with Crippen LogP contribution in [0.2, 0.25) is 0 Å². The zero-order valence-electron chi connectivity index (χ0n) is 16.1. The number of aromatic nitrogens is 4. The molecule has 0 fully saturated rings. The van der Waals surface area contributed by atoms with Gasteiger partial charge in [0.15, 0.2) is 11.6 Å². The Labute approximate surface area is 206 Å². The van der Waals surface area contributed by atoms with Crippen LogP contribution in [0.4, 0.5) is 0 Å². The van der Waals surface area contributed by atoms with E-state index in [1.54, 1.807) is 36.9 Å². The zero-order chi connectivity index (χ0) is 25.0. The molecule has 3 N–H and O–H groups in total. The Morgan fingerprint density at radius 2 is 0.677 bits per heavy atom. The van der Waals surface area contributed by atoms with Gasteiger partial charge < -0.3 is 61.3 Å². The summed E-state index contributed by atoms with van der Waals surface area (Å²) in [5, 5.41) is 65.2. The summed E-state index contributed by atoms with van der Waals surface area (Å²) in [5.41, 5.74) is 0. The molecule has 0 saturated carbocycles. The van der Waals surface area contributed by atoms with Gasteiger partial charge in [-0.1, -0.05) is 0 Å². The molecule has 1 radical (unpaired) electrons. The summed E-state index contributed by atoms with van der Waals surface area (Å²) in [6.07, 6.45) is 6.66. The molecule has 19 nitrogen and oxygen atoms in total. The molecule has 0 aliphatic carbocycles. The smallest absolute Gasteiger partial charge is 0.400 e. The van der Waals surface area contributed by atoms with E-state index in [4.69, 9.17) is 61.3 Å². The van der Waals surface area contributed by atoms with Gasteiger partial charge in [0.05, 0.1) is 15.3 Å². The van der Waals surface area contributed by atoms with Crippen LogP contribution in [0, 0.1) is 86.8 Å². The Morgan fingerprint density at radius 3 is 0.806 bits per heavy atom. The van der Waals surface area contributed by atoms with Crippen molar-refractivity contribution in [3.05, 3.63) is 82.9 Å². The molecule has 0 spiro atoms. The molecule has 2 heterocycles. The quantitative estimate of drug-likeness (QED) is 0.268. The SMILES string of the molecule is CO.CO.CO.O=[N+]([O-])[O-].O=[N+]([O-])[O-].O=[N+]([O-])[O-].[Nd+3].c1cnc(-c2ncccn2)nc1. The average Bonchev–Trinajstić information content (AvgIpc) is 2.73. The van der Waals surface area contributed by atoms with Gasteiger partial charge >= 0.3 is 40.8 Å². The predicted molar refractivity (Wildman–Crippen MR) is 98.6 cm³/mol. The Morgan fingerprint density at radius 1 is 0.548 bits per heavy atom. The van der Waals surface area contributed by atoms with Crippen molar-refractivity contribution in [3.8, 4) is 11.6 Å². The fourth-order valence-electron chi connectivity index (χ4n) is 0.829. The Hall–Kier alpha value is -3.01. The third kappa shape index (κ3) is 58.4. The molecule has 173 valence electrons. The first-order valence-electron chi connectivity index (χ1n) is 6.50. The molecule has 20 heteroatoms. The maximum atomic E-state index is 8.25. The molecule has 2 aromatic heterocycles. The maximum Gasteiger partial charge on any atom is 3.00 e. The molecule has 0 unspecified atom stereocenters. The van der Waals surface area contributed by atoms with Gasteiger partial charge in [-0.3, -0.25) is 0 Å². The third-order valence-corrected chi connectivity index (χ3v) is 1.33. The van der Waals surface area contributed by atoms with E-state index in [2.05, 4.69) is 19.9 Å². The molecular weight excluding hydrogens is 566 g/mol. The number of aliphatic hydroxyl groups excluding tert-OH is 3. The second-order valence-corrected chi connectivity index (χ2v) is 2.82. The average molecular weight is 585 g/mol. The van der Waals surface area contributed by atoms with Crippen molar-refractivity contribution in [2.45, 2.75) is 0 Å². The van der Waals surface area contributed by atoms with Crippen LogP contribution in [0.15, 0.2) is 36.9 Å². The van der Waals surface area contributed by atoms with Gasteiger partial charge in [0.2, 0.25) is 0 Å². The first-order chi connectivity index (χ1) is 14.2. The van der Waals surface area contributed by atoms with Crippen LogP contribution in [0.5, 0.6) is 0 Å². The first kappa shape index (κ1) is 42.2. The van der Waals surface area contributed by atoms with Gasteiger partial charge in [0.1, 0.15) is 0 Å². The normalized spacial score (nSPS) is 6.65. The van der Waals surface area contributed by atoms with Crippen LogP contribution in [0.3, 0.4) is 0 Å². The van der Waals surface area contributed by atoms with E-state index >= 15 is 0 Å². The van der Waals surface area contributed by atoms with Gasteiger partial charge in [-0.15, -0.1) is 0 Å². The molecule has 31 heavy (non-hydrogen) atoms. The first-order valence-corrected chi connectivity index (χ1v) is 6.50. The molecule has 0 aromatic carbocycles. The van der Waals surface area contributed by atoms with Crippen molar-refractivity contribution in [1.82, 2.24) is 19.9 Å². The third-order valence-electron chi connectivity index (χ3n) is 1.33. The van der Waals surface area contributed by atoms with Gasteiger partial charge in [0, 0.05) is 46.1 Å². The zero-order valence-corrected chi connectivity index (χ0v) is 19.3. The summed E-state index contributed by atoms with van der Waals surface area (Å²) in [5.74, 6) is 1.11. The van der Waals surface area contributed by atoms with Crippen LogP contribution in [-0.2, 0) is 0 Å². The Bertz CT molecular complexity index is 549. The van der Waals surface area contributed by atoms with E-state index in [9.17, 15) is 0 Å². The molecule has 0 aliphatic rings. The second kappa shape index (κ2) is 37.7. The number of hydrogen-bond acceptors (Lipinski definition) is 16. The standard InChI is InChI=1S/C8H6N4.3CH4O.3NO3.Nd/c1-3-9-7(10-4-1)8-11-5-2-6-12-8;3*1-2;3*2-1(3)4;/h1-6H;3*2H,1H3;;;;/q;;;;3*-1;+3. The summed E-state index contributed by atoms with van der Waals surface area (Å²) in [6, 6.07) is 3.51. The van der Waals surface area contributed by atoms with Crippen LogP contribution < -0.4 is 0 Å². The molecule has 0 amide bonds. The van der Waals surface area contributed by atoms with E-state index < -0.39 is 15.3 Å². The van der Waals surface area contributed by atoms with Gasteiger partial charge in [-0.25, -0.2) is 19.9 Å². The largest absolute Gasteiger partial charge is 3.00 e. The summed E-state index contributed by atoms with van der Waals surface area (Å²) >= 11 is 0. The topological polar surface area (TPSA) is 311 Å². The molecular formula is C11H18N7NdO12. The fraction of sp³-hybridized carbons (Fsp3) is 0.273. The number of nitrogens with zero attached hydrogens (tertiary/aromatic N) is 7. The van der Waals surface area contributed by atoms with Crippen LogP contribution >= 0.6 is 0 Å². The van der Waals surface area contributed by atoms with Crippen molar-refractivity contribution in [2.75, 3.05) is 21.3 Å². The van der Waals surface area contributed by atoms with E-state index in [0.717, 1.165) is 21.3 Å². The molecule has 2 aromatic rings. The molecule has 0 saturated heterocycles. The van der Waals surface area contributed by atoms with Crippen molar-refractivity contribution in [3.63, 3.8) is 0 Å². The summed E-state index contributed by atoms with van der Waals surface area (Å²) < 4.78 is 0. The van der Waals surface area contributed by atoms with Crippen molar-refractivity contribution in [2.24, 2.45) is 0 Å². The number of aliphatic hydroxyl groups is 3. The molecule has 0 bridgehead atoms. The Kier molecular flexibility index (Phi) is 51.3. The van der Waals surface area contributed by atoms with E-state index in [1.807, 2.05) is 0 Å². The van der Waals surface area contributed by atoms with E-state index in [0.29, 0.717) is 11.6 Å². The monoisotopic (exact) mass is 582 g/mol. The minimum Gasteiger partial charge on any atom is -0.400 e. The van der Waals surface area contributed by atoms with Crippen LogP contribution in [-0.4, -0.2) is 71.8 Å². The molecule has 0 atom stereocenters. The van der Waals surface area contributed by atoms with Crippen molar-refractivity contribution >= 4 is 0 Å². The minimum absolute atomic E-state index is 0. The van der Waals surface area contributed by atoms with Gasteiger partial charge in [-0.2, -0.15) is 0 Å². The Balaban J connectivity index is -0.0000000701. The van der Waals surface area contributed by atoms with E-state index in [1.165, 1.54) is 0 Å². The van der Waals surface area contributed by atoms with Crippen LogP contribution in [0.1, 0.15) is 0 Å².